The molecule has 1 aromatic rings. The van der Waals surface area contributed by atoms with Gasteiger partial charge in [-0.3, -0.25) is 0 Å². The Balaban J connectivity index is 2.01. The molecule has 3 heteroatoms. The Bertz CT molecular complexity index is 399. The van der Waals surface area contributed by atoms with Crippen LogP contribution < -0.4 is 10.1 Å². The van der Waals surface area contributed by atoms with E-state index >= 15 is 0 Å². The second kappa shape index (κ2) is 4.06. The van der Waals surface area contributed by atoms with E-state index in [2.05, 4.69) is 5.32 Å². The highest BCUT2D eigenvalue weighted by Gasteiger charge is 2.26. The van der Waals surface area contributed by atoms with Gasteiger partial charge >= 0.3 is 0 Å². The highest BCUT2D eigenvalue weighted by atomic mass is 19.1. The van der Waals surface area contributed by atoms with E-state index in [-0.39, 0.29) is 11.9 Å². The molecule has 1 unspecified atom stereocenters. The van der Waals surface area contributed by atoms with Gasteiger partial charge in [0.15, 0.2) is 0 Å². The van der Waals surface area contributed by atoms with Crippen LogP contribution in [0.4, 0.5) is 4.39 Å². The van der Waals surface area contributed by atoms with Gasteiger partial charge in [-0.15, -0.1) is 0 Å². The Morgan fingerprint density at radius 3 is 3.06 bits per heavy atom. The second-order valence-corrected chi connectivity index (χ2v) is 4.55. The summed E-state index contributed by atoms with van der Waals surface area (Å²) in [6.07, 6.45) is 4.28. The van der Waals surface area contributed by atoms with E-state index in [1.807, 2.05) is 6.07 Å². The number of rotatable bonds is 1. The topological polar surface area (TPSA) is 21.3 Å². The minimum absolute atomic E-state index is 0.125. The Kier molecular flexibility index (Phi) is 2.56. The van der Waals surface area contributed by atoms with Crippen LogP contribution in [0.3, 0.4) is 0 Å². The largest absolute Gasteiger partial charge is 0.492 e. The maximum Gasteiger partial charge on any atom is 0.131 e. The van der Waals surface area contributed by atoms with E-state index in [1.54, 1.807) is 6.07 Å². The molecule has 0 bridgehead atoms. The molecule has 0 amide bonds. The number of hydrogen-bond acceptors (Lipinski definition) is 2. The zero-order valence-electron chi connectivity index (χ0n) is 9.26. The first-order valence-corrected chi connectivity index (χ1v) is 6.04. The first-order chi connectivity index (χ1) is 7.86. The average Bonchev–Trinajstić information content (AvgIpc) is 2.78. The Hall–Kier alpha value is -1.09. The van der Waals surface area contributed by atoms with Crippen LogP contribution in [0, 0.1) is 5.82 Å². The number of hydrogen-bond donors (Lipinski definition) is 1. The van der Waals surface area contributed by atoms with Crippen LogP contribution in [0.5, 0.6) is 5.75 Å². The molecule has 0 radical (unpaired) electrons. The van der Waals surface area contributed by atoms with E-state index in [0.717, 1.165) is 36.3 Å². The van der Waals surface area contributed by atoms with Gasteiger partial charge in [-0.2, -0.15) is 0 Å². The third kappa shape index (κ3) is 1.59. The van der Waals surface area contributed by atoms with Crippen LogP contribution in [-0.2, 0) is 6.42 Å². The molecule has 2 aliphatic heterocycles. The van der Waals surface area contributed by atoms with Gasteiger partial charge < -0.3 is 10.1 Å². The van der Waals surface area contributed by atoms with E-state index in [4.69, 9.17) is 4.74 Å². The molecule has 16 heavy (non-hydrogen) atoms. The van der Waals surface area contributed by atoms with Crippen molar-refractivity contribution in [3.05, 3.63) is 29.1 Å². The summed E-state index contributed by atoms with van der Waals surface area (Å²) in [5, 5.41) is 3.39. The van der Waals surface area contributed by atoms with Gasteiger partial charge in [0.25, 0.3) is 0 Å². The summed E-state index contributed by atoms with van der Waals surface area (Å²) in [4.78, 5) is 0. The van der Waals surface area contributed by atoms with E-state index in [1.165, 1.54) is 12.8 Å². The zero-order valence-corrected chi connectivity index (χ0v) is 9.26. The van der Waals surface area contributed by atoms with Crippen molar-refractivity contribution in [1.82, 2.24) is 5.32 Å². The maximum atomic E-state index is 13.9. The molecule has 1 atom stereocenters. The Morgan fingerprint density at radius 1 is 1.31 bits per heavy atom. The van der Waals surface area contributed by atoms with Crippen molar-refractivity contribution in [2.75, 3.05) is 13.2 Å². The number of nitrogens with one attached hydrogen (secondary N) is 1. The fourth-order valence-electron chi connectivity index (χ4n) is 2.67. The van der Waals surface area contributed by atoms with Crippen molar-refractivity contribution < 1.29 is 9.13 Å². The summed E-state index contributed by atoms with van der Waals surface area (Å²) in [7, 11) is 0. The van der Waals surface area contributed by atoms with E-state index < -0.39 is 0 Å². The van der Waals surface area contributed by atoms with Gasteiger partial charge in [0, 0.05) is 18.0 Å². The smallest absolute Gasteiger partial charge is 0.131 e. The summed E-state index contributed by atoms with van der Waals surface area (Å²) < 4.78 is 19.5. The standard InChI is InChI=1S/C13H16FNO/c14-10-5-4-9-6-8-16-13(9)12(10)11-3-1-2-7-15-11/h4-5,11,15H,1-3,6-8H2. The summed E-state index contributed by atoms with van der Waals surface area (Å²) in [5.74, 6) is 0.680. The Morgan fingerprint density at radius 2 is 2.25 bits per heavy atom. The lowest BCUT2D eigenvalue weighted by molar-refractivity contribution is 0.333. The fourth-order valence-corrected chi connectivity index (χ4v) is 2.67. The third-order valence-electron chi connectivity index (χ3n) is 3.50. The van der Waals surface area contributed by atoms with Crippen LogP contribution in [0.2, 0.25) is 0 Å². The molecule has 1 N–H and O–H groups in total. The van der Waals surface area contributed by atoms with Gasteiger partial charge in [-0.05, 0) is 31.0 Å². The third-order valence-corrected chi connectivity index (χ3v) is 3.50. The van der Waals surface area contributed by atoms with Crippen molar-refractivity contribution in [2.24, 2.45) is 0 Å². The molecule has 0 saturated carbocycles. The predicted octanol–water partition coefficient (Wildman–Crippen LogP) is 2.58. The number of fused-ring (bicyclic) bond motifs is 1. The molecule has 2 heterocycles. The second-order valence-electron chi connectivity index (χ2n) is 4.55. The molecular formula is C13H16FNO. The Labute approximate surface area is 94.8 Å². The van der Waals surface area contributed by atoms with E-state index in [0.29, 0.717) is 6.61 Å². The van der Waals surface area contributed by atoms with Crippen molar-refractivity contribution in [2.45, 2.75) is 31.7 Å². The van der Waals surface area contributed by atoms with E-state index in [9.17, 15) is 4.39 Å². The lowest BCUT2D eigenvalue weighted by atomic mass is 9.94. The van der Waals surface area contributed by atoms with Crippen LogP contribution in [0.15, 0.2) is 12.1 Å². The molecule has 0 aliphatic carbocycles. The lowest BCUT2D eigenvalue weighted by Gasteiger charge is -2.25. The zero-order chi connectivity index (χ0) is 11.0. The highest BCUT2D eigenvalue weighted by Crippen LogP contribution is 2.38. The van der Waals surface area contributed by atoms with Gasteiger partial charge in [-0.25, -0.2) is 4.39 Å². The molecule has 3 rings (SSSR count). The molecule has 0 aromatic heterocycles. The maximum absolute atomic E-state index is 13.9. The normalized spacial score (nSPS) is 23.9. The SMILES string of the molecule is Fc1ccc2c(c1C1CCCCN1)OCC2. The molecule has 1 fully saturated rings. The molecule has 1 saturated heterocycles. The quantitative estimate of drug-likeness (QED) is 0.787. The van der Waals surface area contributed by atoms with Crippen LogP contribution in [0.25, 0.3) is 0 Å². The van der Waals surface area contributed by atoms with Crippen LogP contribution in [-0.4, -0.2) is 13.2 Å². The summed E-state index contributed by atoms with van der Waals surface area (Å²) in [6, 6.07) is 3.57. The van der Waals surface area contributed by atoms with Crippen molar-refractivity contribution in [1.29, 1.82) is 0 Å². The molecule has 86 valence electrons. The number of benzene rings is 1. The molecule has 2 nitrogen and oxygen atoms in total. The van der Waals surface area contributed by atoms with Crippen LogP contribution >= 0.6 is 0 Å². The molecule has 0 spiro atoms. The summed E-state index contributed by atoms with van der Waals surface area (Å²) in [5.41, 5.74) is 1.92. The predicted molar refractivity (Wildman–Crippen MR) is 60.2 cm³/mol. The van der Waals surface area contributed by atoms with Crippen molar-refractivity contribution in [3.63, 3.8) is 0 Å². The van der Waals surface area contributed by atoms with Gasteiger partial charge in [0.2, 0.25) is 0 Å². The first-order valence-electron chi connectivity index (χ1n) is 6.04. The van der Waals surface area contributed by atoms with Crippen molar-refractivity contribution in [3.8, 4) is 5.75 Å². The van der Waals surface area contributed by atoms with Crippen molar-refractivity contribution >= 4 is 0 Å². The molecular weight excluding hydrogens is 205 g/mol. The monoisotopic (exact) mass is 221 g/mol. The first kappa shape index (κ1) is 10.1. The molecule has 1 aromatic carbocycles. The van der Waals surface area contributed by atoms with Crippen LogP contribution in [0.1, 0.15) is 36.4 Å². The van der Waals surface area contributed by atoms with Gasteiger partial charge in [0.1, 0.15) is 11.6 Å². The number of ether oxygens (including phenoxy) is 1. The average molecular weight is 221 g/mol. The summed E-state index contributed by atoms with van der Waals surface area (Å²) >= 11 is 0. The molecule has 2 aliphatic rings. The minimum Gasteiger partial charge on any atom is -0.492 e. The number of piperidine rings is 1. The lowest BCUT2D eigenvalue weighted by Crippen LogP contribution is -2.27. The summed E-state index contributed by atoms with van der Waals surface area (Å²) in [6.45, 7) is 1.67. The number of halogens is 1. The van der Waals surface area contributed by atoms with Gasteiger partial charge in [0.05, 0.1) is 6.61 Å². The fraction of sp³-hybridized carbons (Fsp3) is 0.538. The highest BCUT2D eigenvalue weighted by molar-refractivity contribution is 5.46. The van der Waals surface area contributed by atoms with Gasteiger partial charge in [-0.1, -0.05) is 12.5 Å². The minimum atomic E-state index is -0.125.